The van der Waals surface area contributed by atoms with E-state index in [4.69, 9.17) is 4.74 Å². The van der Waals surface area contributed by atoms with E-state index in [1.807, 2.05) is 49.4 Å². The number of ether oxygens (including phenoxy) is 1. The highest BCUT2D eigenvalue weighted by Crippen LogP contribution is 2.68. The van der Waals surface area contributed by atoms with Crippen LogP contribution in [0.15, 0.2) is 82.6 Å². The normalized spacial score (nSPS) is 27.7. The van der Waals surface area contributed by atoms with Gasteiger partial charge in [0.25, 0.3) is 5.91 Å². The van der Waals surface area contributed by atoms with E-state index in [9.17, 15) is 23.6 Å². The van der Waals surface area contributed by atoms with Crippen molar-refractivity contribution in [3.05, 3.63) is 104 Å². The predicted molar refractivity (Wildman–Crippen MR) is 169 cm³/mol. The molecule has 1 saturated heterocycles. The number of carbonyl (C=O) groups excluding carboxylic acids is 3. The first-order valence-corrected chi connectivity index (χ1v) is 16.6. The number of H-pyrrole nitrogens is 1. The van der Waals surface area contributed by atoms with Gasteiger partial charge in [0, 0.05) is 21.7 Å². The second-order valence-electron chi connectivity index (χ2n) is 12.2. The summed E-state index contributed by atoms with van der Waals surface area (Å²) in [5.74, 6) is -1.76. The highest BCUT2D eigenvalue weighted by molar-refractivity contribution is 8.00. The van der Waals surface area contributed by atoms with Crippen molar-refractivity contribution in [2.45, 2.75) is 29.5 Å². The van der Waals surface area contributed by atoms with Crippen molar-refractivity contribution in [2.75, 3.05) is 16.8 Å². The zero-order valence-corrected chi connectivity index (χ0v) is 25.7. The van der Waals surface area contributed by atoms with Crippen molar-refractivity contribution >= 4 is 52.2 Å². The van der Waals surface area contributed by atoms with E-state index >= 15 is 0 Å². The second kappa shape index (κ2) is 10.7. The number of anilines is 2. The Morgan fingerprint density at radius 3 is 2.49 bits per heavy atom. The molecule has 8 nitrogen and oxygen atoms in total. The third-order valence-electron chi connectivity index (χ3n) is 9.73. The van der Waals surface area contributed by atoms with Crippen LogP contribution in [0.4, 0.5) is 15.8 Å². The average molecular weight is 642 g/mol. The third kappa shape index (κ3) is 4.63. The molecular formula is C34H28FN3O5S2. The van der Waals surface area contributed by atoms with Gasteiger partial charge in [-0.25, -0.2) is 4.39 Å². The number of fused-ring (bicyclic) bond motifs is 9. The molecule has 2 aliphatic heterocycles. The highest BCUT2D eigenvalue weighted by atomic mass is 32.2. The average Bonchev–Trinajstić information content (AvgIpc) is 3.77. The van der Waals surface area contributed by atoms with Gasteiger partial charge in [-0.1, -0.05) is 41.2 Å². The molecular weight excluding hydrogens is 614 g/mol. The van der Waals surface area contributed by atoms with E-state index in [1.54, 1.807) is 17.8 Å². The fourth-order valence-corrected chi connectivity index (χ4v) is 10.9. The minimum absolute atomic E-state index is 0.0187. The summed E-state index contributed by atoms with van der Waals surface area (Å²) in [7, 11) is 0. The number of carbonyl (C=O) groups is 3. The molecule has 3 aromatic carbocycles. The maximum atomic E-state index is 13.9. The second-order valence-corrected chi connectivity index (χ2v) is 14.4. The van der Waals surface area contributed by atoms with Gasteiger partial charge in [-0.2, -0.15) is 0 Å². The van der Waals surface area contributed by atoms with Crippen molar-refractivity contribution < 1.29 is 23.5 Å². The van der Waals surface area contributed by atoms with E-state index in [-0.39, 0.29) is 58.1 Å². The van der Waals surface area contributed by atoms with Crippen LogP contribution in [-0.4, -0.2) is 34.6 Å². The Balaban J connectivity index is 1.08. The largest absolute Gasteiger partial charge is 0.484 e. The smallest absolute Gasteiger partial charge is 0.305 e. The van der Waals surface area contributed by atoms with Crippen LogP contribution in [0.3, 0.4) is 0 Å². The number of hydrogen-bond donors (Lipinski definition) is 2. The minimum Gasteiger partial charge on any atom is -0.484 e. The number of benzene rings is 3. The van der Waals surface area contributed by atoms with Crippen molar-refractivity contribution in [3.8, 4) is 5.75 Å². The van der Waals surface area contributed by atoms with Crippen LogP contribution >= 0.6 is 23.1 Å². The Hall–Kier alpha value is -4.22. The number of thioether (sulfide) groups is 1. The summed E-state index contributed by atoms with van der Waals surface area (Å²) >= 11 is 2.81. The number of aryl methyl sites for hydroxylation is 1. The number of amides is 3. The summed E-state index contributed by atoms with van der Waals surface area (Å²) < 4.78 is 19.6. The maximum absolute atomic E-state index is 13.9. The van der Waals surface area contributed by atoms with Crippen LogP contribution in [0.25, 0.3) is 0 Å². The molecule has 3 heterocycles. The molecule has 2 saturated carbocycles. The molecule has 0 spiro atoms. The summed E-state index contributed by atoms with van der Waals surface area (Å²) in [6.07, 6.45) is 0.761. The first-order chi connectivity index (χ1) is 21.8. The van der Waals surface area contributed by atoms with Crippen molar-refractivity contribution in [1.82, 2.24) is 4.98 Å². The SMILES string of the molecule is Cc1ccc(NC(=O)COc2cccc([C@H]3c4sc(=O)[nH]c4SC4C5CC(C6C(=O)N(c7ccc(F)cc7)C(=O)C56)C43)c2)cc1. The molecule has 1 aromatic heterocycles. The van der Waals surface area contributed by atoms with Crippen LogP contribution in [0.5, 0.6) is 5.75 Å². The molecule has 228 valence electrons. The van der Waals surface area contributed by atoms with E-state index in [1.165, 1.54) is 40.5 Å². The Labute approximate surface area is 266 Å². The summed E-state index contributed by atoms with van der Waals surface area (Å²) in [5.41, 5.74) is 3.12. The van der Waals surface area contributed by atoms with E-state index in [0.717, 1.165) is 27.5 Å². The van der Waals surface area contributed by atoms with Gasteiger partial charge in [0.2, 0.25) is 11.8 Å². The zero-order valence-electron chi connectivity index (χ0n) is 24.1. The van der Waals surface area contributed by atoms with Crippen molar-refractivity contribution in [2.24, 2.45) is 29.6 Å². The van der Waals surface area contributed by atoms with E-state index in [0.29, 0.717) is 17.1 Å². The number of thiazole rings is 1. The number of hydrogen-bond acceptors (Lipinski definition) is 7. The molecule has 3 fully saturated rings. The topological polar surface area (TPSA) is 109 Å². The summed E-state index contributed by atoms with van der Waals surface area (Å²) in [5, 5.41) is 3.69. The molecule has 11 heteroatoms. The van der Waals surface area contributed by atoms with Crippen LogP contribution in [0.2, 0.25) is 0 Å². The molecule has 3 amide bonds. The molecule has 0 radical (unpaired) electrons. The lowest BCUT2D eigenvalue weighted by molar-refractivity contribution is -0.123. The van der Waals surface area contributed by atoms with Crippen molar-refractivity contribution in [3.63, 3.8) is 0 Å². The Morgan fingerprint density at radius 2 is 1.73 bits per heavy atom. The number of halogens is 1. The van der Waals surface area contributed by atoms with Crippen LogP contribution in [-0.2, 0) is 14.4 Å². The Kier molecular flexibility index (Phi) is 6.72. The molecule has 45 heavy (non-hydrogen) atoms. The maximum Gasteiger partial charge on any atom is 0.305 e. The van der Waals surface area contributed by atoms with E-state index < -0.39 is 17.7 Å². The minimum atomic E-state index is -0.459. The first-order valence-electron chi connectivity index (χ1n) is 14.9. The third-order valence-corrected chi connectivity index (χ3v) is 12.3. The fourth-order valence-electron chi connectivity index (χ4n) is 8.02. The van der Waals surface area contributed by atoms with Gasteiger partial charge in [0.1, 0.15) is 11.6 Å². The van der Waals surface area contributed by atoms with Crippen LogP contribution in [0, 0.1) is 42.3 Å². The lowest BCUT2D eigenvalue weighted by Crippen LogP contribution is -2.42. The highest BCUT2D eigenvalue weighted by Gasteiger charge is 2.69. The quantitative estimate of drug-likeness (QED) is 0.266. The van der Waals surface area contributed by atoms with Gasteiger partial charge in [-0.3, -0.25) is 24.1 Å². The monoisotopic (exact) mass is 641 g/mol. The molecule has 2 aliphatic carbocycles. The Bertz CT molecular complexity index is 1910. The van der Waals surface area contributed by atoms with Gasteiger partial charge < -0.3 is 15.0 Å². The molecule has 2 bridgehead atoms. The molecule has 7 atom stereocenters. The van der Waals surface area contributed by atoms with Gasteiger partial charge in [-0.05, 0) is 85.2 Å². The lowest BCUT2D eigenvalue weighted by atomic mass is 9.68. The first kappa shape index (κ1) is 28.3. The lowest BCUT2D eigenvalue weighted by Gasteiger charge is -2.43. The van der Waals surface area contributed by atoms with Crippen LogP contribution < -0.4 is 19.8 Å². The predicted octanol–water partition coefficient (Wildman–Crippen LogP) is 5.58. The van der Waals surface area contributed by atoms with Crippen LogP contribution in [0.1, 0.15) is 28.3 Å². The number of nitrogens with one attached hydrogen (secondary N) is 2. The van der Waals surface area contributed by atoms with Gasteiger partial charge >= 0.3 is 4.87 Å². The molecule has 8 rings (SSSR count). The summed E-state index contributed by atoms with van der Waals surface area (Å²) in [4.78, 5) is 57.9. The molecule has 2 N–H and O–H groups in total. The zero-order chi connectivity index (χ0) is 31.0. The molecule has 4 aromatic rings. The number of aromatic amines is 1. The van der Waals surface area contributed by atoms with Gasteiger partial charge in [0.05, 0.1) is 22.5 Å². The van der Waals surface area contributed by atoms with Crippen molar-refractivity contribution in [1.29, 1.82) is 0 Å². The number of nitrogens with zero attached hydrogens (tertiary/aromatic N) is 1. The van der Waals surface area contributed by atoms with E-state index in [2.05, 4.69) is 10.3 Å². The number of aromatic nitrogens is 1. The molecule has 6 unspecified atom stereocenters. The van der Waals surface area contributed by atoms with Gasteiger partial charge in [0.15, 0.2) is 6.61 Å². The number of imide groups is 1. The fraction of sp³-hybridized carbons (Fsp3) is 0.294. The number of rotatable bonds is 6. The summed E-state index contributed by atoms with van der Waals surface area (Å²) in [6.45, 7) is 1.81. The molecule has 4 aliphatic rings. The Morgan fingerprint density at radius 1 is 1.00 bits per heavy atom. The standard InChI is InChI=1S/C34H28FN3O5S2/c1-16-5-9-19(10-6-16)36-24(39)15-43-21-4-2-3-17(13-21)25-26-22-14-23(29(26)44-31-30(25)45-34(42)37-31)28-27(22)32(40)38(33(28)41)20-11-7-18(35)8-12-20/h2-13,22-23,25-29H,14-15H2,1H3,(H,36,39)(H,37,42)/t22?,23?,25-,26?,27?,28?,29?/m1/s1. The van der Waals surface area contributed by atoms with Gasteiger partial charge in [-0.15, -0.1) is 11.8 Å². The summed E-state index contributed by atoms with van der Waals surface area (Å²) in [6, 6.07) is 20.6.